The monoisotopic (exact) mass is 226 g/mol. The lowest BCUT2D eigenvalue weighted by Gasteiger charge is -2.27. The SMILES string of the molecule is CCNC(C)CCN(C)CC1CCCCC1. The van der Waals surface area contributed by atoms with Gasteiger partial charge in [0.2, 0.25) is 0 Å². The molecule has 0 radical (unpaired) electrons. The van der Waals surface area contributed by atoms with Crippen LogP contribution in [0.15, 0.2) is 0 Å². The molecule has 1 aliphatic carbocycles. The van der Waals surface area contributed by atoms with Crippen LogP contribution in [0.1, 0.15) is 52.4 Å². The zero-order valence-electron chi connectivity index (χ0n) is 11.5. The normalized spacial score (nSPS) is 20.2. The summed E-state index contributed by atoms with van der Waals surface area (Å²) in [6, 6.07) is 0.666. The maximum absolute atomic E-state index is 3.48. The van der Waals surface area contributed by atoms with Gasteiger partial charge in [-0.3, -0.25) is 0 Å². The summed E-state index contributed by atoms with van der Waals surface area (Å²) in [5.41, 5.74) is 0. The maximum atomic E-state index is 3.48. The van der Waals surface area contributed by atoms with Gasteiger partial charge in [-0.05, 0) is 52.2 Å². The molecule has 2 heteroatoms. The van der Waals surface area contributed by atoms with Gasteiger partial charge in [-0.1, -0.05) is 26.2 Å². The molecule has 1 saturated carbocycles. The molecule has 0 bridgehead atoms. The Hall–Kier alpha value is -0.0800. The zero-order valence-corrected chi connectivity index (χ0v) is 11.5. The standard InChI is InChI=1S/C14H30N2/c1-4-15-13(2)10-11-16(3)12-14-8-6-5-7-9-14/h13-15H,4-12H2,1-3H3. The number of nitrogens with zero attached hydrogens (tertiary/aromatic N) is 1. The van der Waals surface area contributed by atoms with Gasteiger partial charge in [-0.15, -0.1) is 0 Å². The fraction of sp³-hybridized carbons (Fsp3) is 1.00. The van der Waals surface area contributed by atoms with Crippen molar-refractivity contribution in [2.24, 2.45) is 5.92 Å². The minimum atomic E-state index is 0.666. The molecular weight excluding hydrogens is 196 g/mol. The molecule has 96 valence electrons. The number of rotatable bonds is 7. The van der Waals surface area contributed by atoms with Crippen molar-refractivity contribution in [2.75, 3.05) is 26.7 Å². The molecule has 0 heterocycles. The molecule has 16 heavy (non-hydrogen) atoms. The largest absolute Gasteiger partial charge is 0.314 e. The first-order valence-corrected chi connectivity index (χ1v) is 7.14. The first-order chi connectivity index (χ1) is 7.72. The molecule has 0 amide bonds. The topological polar surface area (TPSA) is 15.3 Å². The lowest BCUT2D eigenvalue weighted by molar-refractivity contribution is 0.226. The highest BCUT2D eigenvalue weighted by Crippen LogP contribution is 2.24. The molecule has 0 aromatic carbocycles. The van der Waals surface area contributed by atoms with Crippen LogP contribution in [0.3, 0.4) is 0 Å². The molecule has 1 unspecified atom stereocenters. The van der Waals surface area contributed by atoms with Crippen LogP contribution in [0.2, 0.25) is 0 Å². The van der Waals surface area contributed by atoms with Crippen molar-refractivity contribution in [2.45, 2.75) is 58.4 Å². The molecule has 0 aromatic heterocycles. The van der Waals surface area contributed by atoms with Gasteiger partial charge < -0.3 is 10.2 Å². The minimum absolute atomic E-state index is 0.666. The van der Waals surface area contributed by atoms with Crippen LogP contribution in [0.5, 0.6) is 0 Å². The molecule has 0 aromatic rings. The predicted octanol–water partition coefficient (Wildman–Crippen LogP) is 2.89. The van der Waals surface area contributed by atoms with Gasteiger partial charge in [0.05, 0.1) is 0 Å². The lowest BCUT2D eigenvalue weighted by atomic mass is 9.89. The van der Waals surface area contributed by atoms with Crippen LogP contribution in [0, 0.1) is 5.92 Å². The van der Waals surface area contributed by atoms with Gasteiger partial charge in [0.1, 0.15) is 0 Å². The van der Waals surface area contributed by atoms with Crippen LogP contribution in [0.4, 0.5) is 0 Å². The average molecular weight is 226 g/mol. The Balaban J connectivity index is 2.07. The van der Waals surface area contributed by atoms with E-state index in [1.54, 1.807) is 0 Å². The van der Waals surface area contributed by atoms with E-state index in [-0.39, 0.29) is 0 Å². The Bertz CT molecular complexity index is 164. The highest BCUT2D eigenvalue weighted by Gasteiger charge is 2.15. The van der Waals surface area contributed by atoms with Crippen molar-refractivity contribution in [1.82, 2.24) is 10.2 Å². The van der Waals surface area contributed by atoms with Crippen molar-refractivity contribution in [3.63, 3.8) is 0 Å². The fourth-order valence-corrected chi connectivity index (χ4v) is 2.77. The summed E-state index contributed by atoms with van der Waals surface area (Å²) >= 11 is 0. The Morgan fingerprint density at radius 1 is 1.25 bits per heavy atom. The van der Waals surface area contributed by atoms with E-state index in [1.165, 1.54) is 51.6 Å². The van der Waals surface area contributed by atoms with E-state index in [4.69, 9.17) is 0 Å². The summed E-state index contributed by atoms with van der Waals surface area (Å²) in [5, 5.41) is 3.48. The summed E-state index contributed by atoms with van der Waals surface area (Å²) in [6.45, 7) is 8.12. The second kappa shape index (κ2) is 8.08. The van der Waals surface area contributed by atoms with Crippen molar-refractivity contribution in [3.8, 4) is 0 Å². The summed E-state index contributed by atoms with van der Waals surface area (Å²) in [7, 11) is 2.28. The van der Waals surface area contributed by atoms with E-state index in [0.29, 0.717) is 6.04 Å². The van der Waals surface area contributed by atoms with Crippen LogP contribution in [0.25, 0.3) is 0 Å². The van der Waals surface area contributed by atoms with Crippen molar-refractivity contribution >= 4 is 0 Å². The van der Waals surface area contributed by atoms with Crippen LogP contribution in [-0.2, 0) is 0 Å². The van der Waals surface area contributed by atoms with E-state index in [2.05, 4.69) is 31.1 Å². The molecule has 1 aliphatic rings. The van der Waals surface area contributed by atoms with E-state index < -0.39 is 0 Å². The van der Waals surface area contributed by atoms with Gasteiger partial charge in [0.15, 0.2) is 0 Å². The van der Waals surface area contributed by atoms with Crippen molar-refractivity contribution in [3.05, 3.63) is 0 Å². The fourth-order valence-electron chi connectivity index (χ4n) is 2.77. The smallest absolute Gasteiger partial charge is 0.00507 e. The maximum Gasteiger partial charge on any atom is 0.00507 e. The van der Waals surface area contributed by atoms with Crippen molar-refractivity contribution in [1.29, 1.82) is 0 Å². The first-order valence-electron chi connectivity index (χ1n) is 7.14. The average Bonchev–Trinajstić information content (AvgIpc) is 2.28. The molecular formula is C14H30N2. The number of hydrogen-bond acceptors (Lipinski definition) is 2. The Morgan fingerprint density at radius 3 is 2.56 bits per heavy atom. The van der Waals surface area contributed by atoms with Gasteiger partial charge in [0, 0.05) is 12.6 Å². The second-order valence-corrected chi connectivity index (χ2v) is 5.51. The summed E-state index contributed by atoms with van der Waals surface area (Å²) in [5.74, 6) is 0.980. The summed E-state index contributed by atoms with van der Waals surface area (Å²) in [4.78, 5) is 2.53. The third kappa shape index (κ3) is 5.86. The summed E-state index contributed by atoms with van der Waals surface area (Å²) < 4.78 is 0. The van der Waals surface area contributed by atoms with E-state index in [0.717, 1.165) is 12.5 Å². The lowest BCUT2D eigenvalue weighted by Crippen LogP contribution is -2.33. The summed E-state index contributed by atoms with van der Waals surface area (Å²) in [6.07, 6.45) is 8.60. The number of hydrogen-bond donors (Lipinski definition) is 1. The van der Waals surface area contributed by atoms with Gasteiger partial charge in [-0.2, -0.15) is 0 Å². The van der Waals surface area contributed by atoms with Crippen LogP contribution >= 0.6 is 0 Å². The Kier molecular flexibility index (Phi) is 7.06. The highest BCUT2D eigenvalue weighted by molar-refractivity contribution is 4.70. The minimum Gasteiger partial charge on any atom is -0.314 e. The molecule has 1 rings (SSSR count). The predicted molar refractivity (Wildman–Crippen MR) is 71.8 cm³/mol. The second-order valence-electron chi connectivity index (χ2n) is 5.51. The molecule has 1 N–H and O–H groups in total. The van der Waals surface area contributed by atoms with Gasteiger partial charge in [-0.25, -0.2) is 0 Å². The zero-order chi connectivity index (χ0) is 11.8. The molecule has 2 nitrogen and oxygen atoms in total. The molecule has 1 fully saturated rings. The van der Waals surface area contributed by atoms with E-state index in [1.807, 2.05) is 0 Å². The molecule has 0 spiro atoms. The van der Waals surface area contributed by atoms with E-state index in [9.17, 15) is 0 Å². The molecule has 0 saturated heterocycles. The Labute approximate surface area is 102 Å². The quantitative estimate of drug-likeness (QED) is 0.718. The van der Waals surface area contributed by atoms with Gasteiger partial charge in [0.25, 0.3) is 0 Å². The number of nitrogens with one attached hydrogen (secondary N) is 1. The molecule has 1 atom stereocenters. The highest BCUT2D eigenvalue weighted by atomic mass is 15.1. The van der Waals surface area contributed by atoms with Crippen LogP contribution < -0.4 is 5.32 Å². The van der Waals surface area contributed by atoms with E-state index >= 15 is 0 Å². The third-order valence-electron chi connectivity index (χ3n) is 3.79. The van der Waals surface area contributed by atoms with Crippen molar-refractivity contribution < 1.29 is 0 Å². The van der Waals surface area contributed by atoms with Gasteiger partial charge >= 0.3 is 0 Å². The Morgan fingerprint density at radius 2 is 1.94 bits per heavy atom. The molecule has 0 aliphatic heterocycles. The third-order valence-corrected chi connectivity index (χ3v) is 3.79. The first kappa shape index (κ1) is 14.0. The van der Waals surface area contributed by atoms with Crippen LogP contribution in [-0.4, -0.2) is 37.6 Å².